The van der Waals surface area contributed by atoms with Crippen LogP contribution in [0, 0.1) is 34.5 Å². The Morgan fingerprint density at radius 2 is 1.70 bits per heavy atom. The largest absolute Gasteiger partial charge is 0.496 e. The van der Waals surface area contributed by atoms with Gasteiger partial charge in [-0.3, -0.25) is 19.2 Å². The molecule has 3 amide bonds. The molecule has 0 aromatic heterocycles. The summed E-state index contributed by atoms with van der Waals surface area (Å²) < 4.78 is 70.0. The molecule has 2 aromatic carbocycles. The third kappa shape index (κ3) is 11.0. The highest BCUT2D eigenvalue weighted by Crippen LogP contribution is 2.70. The van der Waals surface area contributed by atoms with E-state index in [-0.39, 0.29) is 71.7 Å². The minimum Gasteiger partial charge on any atom is -0.496 e. The van der Waals surface area contributed by atoms with Gasteiger partial charge >= 0.3 is 12.0 Å². The number of aliphatic hydroxyl groups excluding tert-OH is 1. The fourth-order valence-electron chi connectivity index (χ4n) is 11.6. The number of Topliss-reactive ketones (excluding diaryl/α,β-unsaturated/α-hetero) is 1. The van der Waals surface area contributed by atoms with Crippen molar-refractivity contribution in [2.45, 2.75) is 134 Å². The van der Waals surface area contributed by atoms with Crippen LogP contribution in [0.1, 0.15) is 114 Å². The Balaban J connectivity index is 0.000000221. The van der Waals surface area contributed by atoms with Crippen LogP contribution in [-0.4, -0.2) is 87.2 Å². The first kappa shape index (κ1) is 51.7. The number of halogens is 3. The van der Waals surface area contributed by atoms with Crippen molar-refractivity contribution in [2.75, 3.05) is 20.3 Å². The number of ketones is 2. The molecule has 0 aliphatic heterocycles. The minimum absolute atomic E-state index is 0.00209. The molecule has 67 heavy (non-hydrogen) atoms. The Kier molecular flexibility index (Phi) is 16.5. The van der Waals surface area contributed by atoms with Crippen molar-refractivity contribution in [2.24, 2.45) is 34.5 Å². The van der Waals surface area contributed by atoms with E-state index in [4.69, 9.17) is 21.1 Å². The van der Waals surface area contributed by atoms with Gasteiger partial charge in [0.1, 0.15) is 18.5 Å². The Morgan fingerprint density at radius 3 is 2.37 bits per heavy atom. The van der Waals surface area contributed by atoms with E-state index in [9.17, 15) is 37.5 Å². The van der Waals surface area contributed by atoms with Gasteiger partial charge in [-0.15, -0.1) is 0 Å². The van der Waals surface area contributed by atoms with Gasteiger partial charge in [0.2, 0.25) is 0 Å². The number of amides is 3. The molecule has 0 saturated heterocycles. The van der Waals surface area contributed by atoms with Gasteiger partial charge in [0, 0.05) is 41.3 Å². The number of carbonyl (C=O) groups excluding carboxylic acids is 5. The first-order valence-corrected chi connectivity index (χ1v) is 25.2. The van der Waals surface area contributed by atoms with Crippen molar-refractivity contribution in [1.29, 1.82) is 0 Å². The lowest BCUT2D eigenvalue weighted by molar-refractivity contribution is -0.202. The molecule has 5 aliphatic rings. The molecule has 4 saturated carbocycles. The molecule has 0 bridgehead atoms. The molecule has 0 radical (unpaired) electrons. The second-order valence-electron chi connectivity index (χ2n) is 19.3. The number of urea groups is 1. The summed E-state index contributed by atoms with van der Waals surface area (Å²) in [6, 6.07) is 10.3. The molecular formula is C50H64ClF2N3O10S. The summed E-state index contributed by atoms with van der Waals surface area (Å²) in [7, 11) is -2.49. The number of ether oxygens (including phenoxy) is 2. The van der Waals surface area contributed by atoms with Crippen LogP contribution in [0.25, 0.3) is 0 Å². The van der Waals surface area contributed by atoms with Gasteiger partial charge in [-0.25, -0.2) is 26.7 Å². The molecule has 366 valence electrons. The van der Waals surface area contributed by atoms with Crippen molar-refractivity contribution in [1.82, 2.24) is 15.4 Å². The topological polar surface area (TPSA) is 194 Å². The van der Waals surface area contributed by atoms with Gasteiger partial charge in [-0.2, -0.15) is 0 Å². The SMILES string of the molecule is CCCCC(=O)OCC(=O)[C@H]1[C@H](C)C[C@H]2[C@@H]3C[C@H](F)C4=CC(=O)C=C[C@]4(C)[C@@]3(F)[C@@H](O)C[C@@]21C.COc1ccc(Cl)cc1C(=O)NCCc1ccc(S(=O)(=O)NC(=O)NC2CCCCC2)cc1. The normalized spacial score (nSPS) is 30.0. The molecule has 0 heterocycles. The first-order valence-electron chi connectivity index (χ1n) is 23.4. The number of allylic oxidation sites excluding steroid dienone is 4. The summed E-state index contributed by atoms with van der Waals surface area (Å²) in [5.74, 6) is -2.64. The fourth-order valence-corrected chi connectivity index (χ4v) is 12.7. The van der Waals surface area contributed by atoms with Gasteiger partial charge in [0.15, 0.2) is 17.2 Å². The summed E-state index contributed by atoms with van der Waals surface area (Å²) in [5, 5.41) is 17.3. The molecule has 2 aromatic rings. The van der Waals surface area contributed by atoms with E-state index in [0.29, 0.717) is 42.1 Å². The minimum atomic E-state index is -3.97. The lowest BCUT2D eigenvalue weighted by Gasteiger charge is -2.62. The number of carbonyl (C=O) groups is 5. The lowest BCUT2D eigenvalue weighted by Crippen LogP contribution is -2.68. The lowest BCUT2D eigenvalue weighted by atomic mass is 9.45. The summed E-state index contributed by atoms with van der Waals surface area (Å²) in [4.78, 5) is 61.6. The van der Waals surface area contributed by atoms with Gasteiger partial charge in [0.05, 0.1) is 23.7 Å². The van der Waals surface area contributed by atoms with Gasteiger partial charge in [-0.1, -0.05) is 76.3 Å². The average Bonchev–Trinajstić information content (AvgIpc) is 3.55. The number of hydrogen-bond donors (Lipinski definition) is 4. The number of esters is 1. The number of fused-ring (bicyclic) bond motifs is 5. The zero-order valence-corrected chi connectivity index (χ0v) is 40.5. The summed E-state index contributed by atoms with van der Waals surface area (Å²) in [6.07, 6.45) is 8.63. The zero-order valence-electron chi connectivity index (χ0n) is 38.9. The first-order chi connectivity index (χ1) is 31.7. The van der Waals surface area contributed by atoms with Crippen molar-refractivity contribution < 1.29 is 55.8 Å². The number of sulfonamides is 1. The second-order valence-corrected chi connectivity index (χ2v) is 21.4. The number of aliphatic hydroxyl groups is 1. The summed E-state index contributed by atoms with van der Waals surface area (Å²) >= 11 is 5.96. The highest BCUT2D eigenvalue weighted by atomic mass is 35.5. The van der Waals surface area contributed by atoms with Gasteiger partial charge in [0.25, 0.3) is 15.9 Å². The van der Waals surface area contributed by atoms with E-state index in [0.717, 1.165) is 44.1 Å². The van der Waals surface area contributed by atoms with E-state index in [2.05, 4.69) is 15.4 Å². The standard InChI is InChI=1S/C27H36F2O5.C23H28ClN3O5S/c1-5-6-7-23(33)34-14-21(31)24-15(2)10-17-18-12-20(28)19-11-16(30)8-9-26(19,4)27(18,29)22(32)13-25(17,24)3;1-32-21-12-9-17(24)15-20(21)22(28)25-14-13-16-7-10-19(11-8-16)33(30,31)27-23(29)26-18-5-3-2-4-6-18/h8-9,11,15,17-18,20,22,24,32H,5-7,10,12-14H2,1-4H3;7-12,15,18H,2-6,13-14H2,1H3,(H,25,28)(H2,26,27,29)/t15-,17+,18+,20+,22+,24-,25+,26+,27+;/m1./s1. The number of hydrogen-bond acceptors (Lipinski definition) is 10. The van der Waals surface area contributed by atoms with Crippen LogP contribution >= 0.6 is 11.6 Å². The summed E-state index contributed by atoms with van der Waals surface area (Å²) in [5.41, 5.74) is -3.05. The van der Waals surface area contributed by atoms with Crippen molar-refractivity contribution in [3.63, 3.8) is 0 Å². The van der Waals surface area contributed by atoms with Crippen LogP contribution in [0.2, 0.25) is 5.02 Å². The number of methoxy groups -OCH3 is 1. The van der Waals surface area contributed by atoms with Crippen molar-refractivity contribution in [3.05, 3.63) is 82.4 Å². The highest BCUT2D eigenvalue weighted by molar-refractivity contribution is 7.90. The predicted molar refractivity (Wildman–Crippen MR) is 248 cm³/mol. The number of rotatable bonds is 14. The molecule has 4 fully saturated rings. The van der Waals surface area contributed by atoms with Crippen LogP contribution in [-0.2, 0) is 35.6 Å². The maximum Gasteiger partial charge on any atom is 0.328 e. The van der Waals surface area contributed by atoms with Crippen LogP contribution < -0.4 is 20.1 Å². The average molecular weight is 973 g/mol. The van der Waals surface area contributed by atoms with Crippen LogP contribution in [0.3, 0.4) is 0 Å². The molecule has 0 unspecified atom stereocenters. The van der Waals surface area contributed by atoms with E-state index in [1.165, 1.54) is 43.5 Å². The quantitative estimate of drug-likeness (QED) is 0.134. The zero-order chi connectivity index (χ0) is 48.9. The van der Waals surface area contributed by atoms with E-state index < -0.39 is 62.6 Å². The monoisotopic (exact) mass is 971 g/mol. The maximum atomic E-state index is 17.1. The van der Waals surface area contributed by atoms with Crippen molar-refractivity contribution in [3.8, 4) is 5.75 Å². The molecule has 17 heteroatoms. The Labute approximate surface area is 397 Å². The Bertz CT molecular complexity index is 2360. The molecule has 7 rings (SSSR count). The smallest absolute Gasteiger partial charge is 0.328 e. The molecule has 5 aliphatic carbocycles. The maximum absolute atomic E-state index is 17.1. The molecule has 13 nitrogen and oxygen atoms in total. The molecule has 0 spiro atoms. The van der Waals surface area contributed by atoms with Crippen LogP contribution in [0.5, 0.6) is 5.75 Å². The Hall–Kier alpha value is -4.67. The third-order valence-corrected chi connectivity index (χ3v) is 16.5. The molecule has 4 N–H and O–H groups in total. The number of unbranched alkanes of at least 4 members (excludes halogenated alkanes) is 1. The number of alkyl halides is 2. The number of nitrogens with one attached hydrogen (secondary N) is 3. The Morgan fingerprint density at radius 1 is 1.00 bits per heavy atom. The second kappa shape index (κ2) is 21.3. The number of benzene rings is 2. The van der Waals surface area contributed by atoms with Crippen LogP contribution in [0.15, 0.2) is 71.2 Å². The van der Waals surface area contributed by atoms with E-state index in [1.54, 1.807) is 31.2 Å². The van der Waals surface area contributed by atoms with Crippen molar-refractivity contribution >= 4 is 51.1 Å². The van der Waals surface area contributed by atoms with Gasteiger partial charge < -0.3 is 25.2 Å². The van der Waals surface area contributed by atoms with E-state index >= 15 is 8.78 Å². The fraction of sp³-hybridized carbons (Fsp3) is 0.580. The predicted octanol–water partition coefficient (Wildman–Crippen LogP) is 8.11. The third-order valence-electron chi connectivity index (χ3n) is 14.9. The molecule has 9 atom stereocenters. The summed E-state index contributed by atoms with van der Waals surface area (Å²) in [6.45, 7) is 7.37. The molecular weight excluding hydrogens is 908 g/mol. The van der Waals surface area contributed by atoms with Gasteiger partial charge in [-0.05, 0) is 123 Å². The van der Waals surface area contributed by atoms with Crippen LogP contribution in [0.4, 0.5) is 13.6 Å². The highest BCUT2D eigenvalue weighted by Gasteiger charge is 2.73. The van der Waals surface area contributed by atoms with E-state index in [1.807, 2.05) is 20.8 Å².